The monoisotopic (exact) mass is 386 g/mol. The number of hydrogen-bond acceptors (Lipinski definition) is 4. The van der Waals surface area contributed by atoms with E-state index in [0.717, 1.165) is 24.8 Å². The van der Waals surface area contributed by atoms with E-state index in [1.165, 1.54) is 13.0 Å². The van der Waals surface area contributed by atoms with Crippen molar-refractivity contribution in [3.8, 4) is 0 Å². The molecule has 5 heteroatoms. The lowest BCUT2D eigenvalue weighted by molar-refractivity contribution is -0.140. The molecule has 0 N–H and O–H groups in total. The number of carbonyl (C=O) groups is 3. The van der Waals surface area contributed by atoms with Crippen molar-refractivity contribution in [1.29, 1.82) is 0 Å². The minimum Gasteiger partial charge on any atom is -0.422 e. The molecular weight excluding hydrogens is 359 g/mol. The third-order valence-corrected chi connectivity index (χ3v) is 8.18. The molecule has 0 saturated heterocycles. The van der Waals surface area contributed by atoms with Crippen molar-refractivity contribution in [3.63, 3.8) is 0 Å². The molecule has 0 aliphatic heterocycles. The van der Waals surface area contributed by atoms with Gasteiger partial charge >= 0.3 is 5.97 Å². The fourth-order valence-electron chi connectivity index (χ4n) is 6.69. The van der Waals surface area contributed by atoms with Crippen molar-refractivity contribution >= 4 is 17.5 Å². The average Bonchev–Trinajstić information content (AvgIpc) is 2.93. The van der Waals surface area contributed by atoms with Crippen LogP contribution in [0, 0.1) is 28.6 Å². The van der Waals surface area contributed by atoms with Crippen LogP contribution in [0.2, 0.25) is 0 Å². The SMILES string of the molecule is CC(=O)OC1=C2C(=CF)C[C@@H]3[C@H](CC[C@]4(C)C(=O)CC[C@@H]34)[C@@]2(C)C(C)=CC1=O. The van der Waals surface area contributed by atoms with Crippen molar-refractivity contribution in [2.45, 2.75) is 59.8 Å². The molecule has 0 amide bonds. The van der Waals surface area contributed by atoms with Crippen LogP contribution in [0.25, 0.3) is 0 Å². The molecule has 0 aromatic heterocycles. The molecule has 3 fully saturated rings. The summed E-state index contributed by atoms with van der Waals surface area (Å²) < 4.78 is 19.4. The Morgan fingerprint density at radius 2 is 1.96 bits per heavy atom. The maximum atomic E-state index is 14.1. The molecule has 4 rings (SSSR count). The number of allylic oxidation sites excluding steroid dienone is 4. The van der Waals surface area contributed by atoms with Crippen LogP contribution < -0.4 is 0 Å². The second-order valence-electron chi connectivity index (χ2n) is 9.33. The number of carbonyl (C=O) groups excluding carboxylic acids is 3. The van der Waals surface area contributed by atoms with Gasteiger partial charge < -0.3 is 4.74 Å². The smallest absolute Gasteiger partial charge is 0.308 e. The second-order valence-corrected chi connectivity index (χ2v) is 9.33. The summed E-state index contributed by atoms with van der Waals surface area (Å²) in [5.74, 6) is -0.0618. The topological polar surface area (TPSA) is 60.4 Å². The number of ketones is 2. The quantitative estimate of drug-likeness (QED) is 0.618. The Morgan fingerprint density at radius 3 is 2.61 bits per heavy atom. The number of halogens is 1. The Bertz CT molecular complexity index is 879. The second kappa shape index (κ2) is 6.23. The first-order chi connectivity index (χ1) is 13.1. The zero-order valence-electron chi connectivity index (χ0n) is 16.9. The normalized spacial score (nSPS) is 41.4. The molecule has 28 heavy (non-hydrogen) atoms. The van der Waals surface area contributed by atoms with Gasteiger partial charge in [0.15, 0.2) is 5.76 Å². The van der Waals surface area contributed by atoms with Gasteiger partial charge in [-0.05, 0) is 62.0 Å². The summed E-state index contributed by atoms with van der Waals surface area (Å²) >= 11 is 0. The third-order valence-electron chi connectivity index (χ3n) is 8.18. The number of esters is 1. The van der Waals surface area contributed by atoms with Gasteiger partial charge in [0.05, 0.1) is 6.33 Å². The minimum absolute atomic E-state index is 0.0289. The highest BCUT2D eigenvalue weighted by Gasteiger charge is 2.61. The van der Waals surface area contributed by atoms with Crippen molar-refractivity contribution in [2.24, 2.45) is 28.6 Å². The maximum absolute atomic E-state index is 14.1. The van der Waals surface area contributed by atoms with Crippen molar-refractivity contribution < 1.29 is 23.5 Å². The average molecular weight is 386 g/mol. The van der Waals surface area contributed by atoms with Crippen LogP contribution in [-0.2, 0) is 19.1 Å². The van der Waals surface area contributed by atoms with E-state index in [0.29, 0.717) is 36.1 Å². The summed E-state index contributed by atoms with van der Waals surface area (Å²) in [5, 5.41) is 0. The Balaban J connectivity index is 1.88. The number of ether oxygens (including phenoxy) is 1. The van der Waals surface area contributed by atoms with E-state index >= 15 is 0 Å². The van der Waals surface area contributed by atoms with Gasteiger partial charge in [-0.2, -0.15) is 0 Å². The van der Waals surface area contributed by atoms with E-state index < -0.39 is 11.4 Å². The lowest BCUT2D eigenvalue weighted by Crippen LogP contribution is -2.52. The molecule has 0 radical (unpaired) electrons. The van der Waals surface area contributed by atoms with Crippen LogP contribution in [0.3, 0.4) is 0 Å². The fourth-order valence-corrected chi connectivity index (χ4v) is 6.69. The lowest BCUT2D eigenvalue weighted by atomic mass is 9.46. The summed E-state index contributed by atoms with van der Waals surface area (Å²) in [5.41, 5.74) is 0.951. The van der Waals surface area contributed by atoms with Crippen molar-refractivity contribution in [1.82, 2.24) is 0 Å². The molecule has 5 atom stereocenters. The van der Waals surface area contributed by atoms with E-state index in [9.17, 15) is 18.8 Å². The van der Waals surface area contributed by atoms with Crippen LogP contribution in [0.5, 0.6) is 0 Å². The van der Waals surface area contributed by atoms with E-state index in [1.54, 1.807) is 0 Å². The van der Waals surface area contributed by atoms with E-state index in [-0.39, 0.29) is 34.7 Å². The molecule has 0 spiro atoms. The highest BCUT2D eigenvalue weighted by atomic mass is 19.1. The molecule has 0 aromatic rings. The molecule has 0 bridgehead atoms. The highest BCUT2D eigenvalue weighted by molar-refractivity contribution is 6.07. The number of fused-ring (bicyclic) bond motifs is 5. The maximum Gasteiger partial charge on any atom is 0.308 e. The summed E-state index contributed by atoms with van der Waals surface area (Å²) in [6, 6.07) is 0. The van der Waals surface area contributed by atoms with Crippen LogP contribution in [0.4, 0.5) is 4.39 Å². The van der Waals surface area contributed by atoms with E-state index in [1.807, 2.05) is 13.8 Å². The predicted molar refractivity (Wildman–Crippen MR) is 102 cm³/mol. The third kappa shape index (κ3) is 2.37. The Morgan fingerprint density at radius 1 is 1.25 bits per heavy atom. The molecule has 0 heterocycles. The lowest BCUT2D eigenvalue weighted by Gasteiger charge is -2.57. The molecule has 4 aliphatic rings. The summed E-state index contributed by atoms with van der Waals surface area (Å²) in [6.45, 7) is 7.29. The van der Waals surface area contributed by atoms with Crippen molar-refractivity contribution in [2.75, 3.05) is 0 Å². The standard InChI is InChI=1S/C23H27FO4/c1-12-9-18(26)21(28-13(2)25)20-14(11-24)10-15-16-5-6-19(27)22(16,3)8-7-17(15)23(12,20)4/h9,11,15-17H,5-8,10H2,1-4H3/t15-,16-,17-,22-,23+/m0/s1. The molecular formula is C23H27FO4. The fraction of sp³-hybridized carbons (Fsp3) is 0.609. The van der Waals surface area contributed by atoms with E-state index in [2.05, 4.69) is 6.92 Å². The summed E-state index contributed by atoms with van der Waals surface area (Å²) in [6.07, 6.45) is 5.70. The highest BCUT2D eigenvalue weighted by Crippen LogP contribution is 2.66. The summed E-state index contributed by atoms with van der Waals surface area (Å²) in [4.78, 5) is 36.9. The zero-order chi connectivity index (χ0) is 20.4. The van der Waals surface area contributed by atoms with Gasteiger partial charge in [0.2, 0.25) is 5.78 Å². The van der Waals surface area contributed by atoms with E-state index in [4.69, 9.17) is 4.74 Å². The summed E-state index contributed by atoms with van der Waals surface area (Å²) in [7, 11) is 0. The number of hydrogen-bond donors (Lipinski definition) is 0. The van der Waals surface area contributed by atoms with Crippen LogP contribution >= 0.6 is 0 Å². The molecule has 4 aliphatic carbocycles. The molecule has 0 aromatic carbocycles. The Kier molecular flexibility index (Phi) is 4.29. The van der Waals surface area contributed by atoms with Gasteiger partial charge in [-0.15, -0.1) is 0 Å². The zero-order valence-corrected chi connectivity index (χ0v) is 16.9. The number of rotatable bonds is 1. The Hall–Kier alpha value is -2.04. The first-order valence-electron chi connectivity index (χ1n) is 10.1. The number of Topliss-reactive ketones (excluding diaryl/α,β-unsaturated/α-hetero) is 1. The van der Waals surface area contributed by atoms with Crippen LogP contribution in [-0.4, -0.2) is 17.5 Å². The molecule has 0 unspecified atom stereocenters. The van der Waals surface area contributed by atoms with Gasteiger partial charge in [-0.1, -0.05) is 19.4 Å². The van der Waals surface area contributed by atoms with Gasteiger partial charge in [0, 0.05) is 29.7 Å². The van der Waals surface area contributed by atoms with Crippen LogP contribution in [0.15, 0.2) is 34.9 Å². The molecule has 150 valence electrons. The predicted octanol–water partition coefficient (Wildman–Crippen LogP) is 4.61. The van der Waals surface area contributed by atoms with Gasteiger partial charge in [0.1, 0.15) is 5.78 Å². The first kappa shape index (κ1) is 19.3. The van der Waals surface area contributed by atoms with Gasteiger partial charge in [-0.3, -0.25) is 14.4 Å². The van der Waals surface area contributed by atoms with Crippen LogP contribution in [0.1, 0.15) is 59.8 Å². The first-order valence-corrected chi connectivity index (χ1v) is 10.1. The largest absolute Gasteiger partial charge is 0.422 e. The van der Waals surface area contributed by atoms with Gasteiger partial charge in [-0.25, -0.2) is 4.39 Å². The molecule has 3 saturated carbocycles. The van der Waals surface area contributed by atoms with Gasteiger partial charge in [0.25, 0.3) is 0 Å². The minimum atomic E-state index is -0.580. The Labute approximate surface area is 164 Å². The molecule has 4 nitrogen and oxygen atoms in total. The van der Waals surface area contributed by atoms with Crippen molar-refractivity contribution in [3.05, 3.63) is 34.9 Å².